The van der Waals surface area contributed by atoms with E-state index in [-0.39, 0.29) is 0 Å². The van der Waals surface area contributed by atoms with Gasteiger partial charge in [-0.25, -0.2) is 15.0 Å². The Hall–Kier alpha value is -1.40. The minimum Gasteiger partial charge on any atom is -0.431 e. The van der Waals surface area contributed by atoms with Gasteiger partial charge in [0, 0.05) is 6.20 Å². The summed E-state index contributed by atoms with van der Waals surface area (Å²) in [6.45, 7) is 0. The highest BCUT2D eigenvalue weighted by atomic mass is 79.9. The second kappa shape index (κ2) is 4.46. The molecule has 0 saturated heterocycles. The van der Waals surface area contributed by atoms with E-state index in [4.69, 9.17) is 4.42 Å². The minimum absolute atomic E-state index is 0.575. The molecule has 2 heterocycles. The average Bonchev–Trinajstić information content (AvgIpc) is 2.74. The molecule has 3 aromatic rings. The van der Waals surface area contributed by atoms with Crippen LogP contribution >= 0.6 is 27.7 Å². The van der Waals surface area contributed by atoms with Gasteiger partial charge >= 0.3 is 0 Å². The van der Waals surface area contributed by atoms with Crippen molar-refractivity contribution < 1.29 is 4.42 Å². The Balaban J connectivity index is 1.98. The maximum Gasteiger partial charge on any atom is 0.263 e. The molecule has 0 spiro atoms. The van der Waals surface area contributed by atoms with Gasteiger partial charge in [-0.1, -0.05) is 12.1 Å². The van der Waals surface area contributed by atoms with E-state index in [1.165, 1.54) is 18.1 Å². The Morgan fingerprint density at radius 1 is 1.24 bits per heavy atom. The van der Waals surface area contributed by atoms with E-state index in [0.717, 1.165) is 20.6 Å². The van der Waals surface area contributed by atoms with Gasteiger partial charge in [-0.05, 0) is 39.8 Å². The Bertz CT molecular complexity index is 637. The Morgan fingerprint density at radius 2 is 2.12 bits per heavy atom. The highest BCUT2D eigenvalue weighted by molar-refractivity contribution is 9.10. The summed E-state index contributed by atoms with van der Waals surface area (Å²) in [6.07, 6.45) is 3.19. The van der Waals surface area contributed by atoms with Crippen molar-refractivity contribution in [2.24, 2.45) is 0 Å². The molecule has 0 atom stereocenters. The lowest BCUT2D eigenvalue weighted by molar-refractivity contribution is 0.489. The number of nitrogens with zero attached hydrogens (tertiary/aromatic N) is 3. The van der Waals surface area contributed by atoms with E-state index in [9.17, 15) is 0 Å². The summed E-state index contributed by atoms with van der Waals surface area (Å²) in [7, 11) is 0. The molecule has 0 radical (unpaired) electrons. The first kappa shape index (κ1) is 10.7. The van der Waals surface area contributed by atoms with Crippen LogP contribution in [0.25, 0.3) is 11.1 Å². The van der Waals surface area contributed by atoms with Gasteiger partial charge in [-0.3, -0.25) is 0 Å². The van der Waals surface area contributed by atoms with Gasteiger partial charge in [-0.2, -0.15) is 0 Å². The fourth-order valence-corrected chi connectivity index (χ4v) is 2.51. The van der Waals surface area contributed by atoms with Crippen molar-refractivity contribution in [3.05, 3.63) is 41.3 Å². The zero-order valence-electron chi connectivity index (χ0n) is 8.50. The van der Waals surface area contributed by atoms with Gasteiger partial charge in [0.1, 0.15) is 16.9 Å². The summed E-state index contributed by atoms with van der Waals surface area (Å²) < 4.78 is 6.42. The largest absolute Gasteiger partial charge is 0.431 e. The molecule has 0 fully saturated rings. The molecule has 17 heavy (non-hydrogen) atoms. The lowest BCUT2D eigenvalue weighted by atomic mass is 10.3. The predicted molar refractivity (Wildman–Crippen MR) is 67.9 cm³/mol. The van der Waals surface area contributed by atoms with Gasteiger partial charge in [0.15, 0.2) is 5.58 Å². The molecule has 2 aromatic heterocycles. The molecular formula is C11H6BrN3OS. The van der Waals surface area contributed by atoms with Crippen molar-refractivity contribution in [1.29, 1.82) is 0 Å². The fraction of sp³-hybridized carbons (Fsp3) is 0. The maximum atomic E-state index is 5.60. The van der Waals surface area contributed by atoms with Crippen LogP contribution in [0.5, 0.6) is 0 Å². The molecule has 0 aliphatic carbocycles. The quantitative estimate of drug-likeness (QED) is 0.678. The number of fused-ring (bicyclic) bond motifs is 1. The summed E-state index contributed by atoms with van der Waals surface area (Å²) in [5, 5.41) is 1.36. The number of rotatable bonds is 2. The van der Waals surface area contributed by atoms with E-state index in [2.05, 4.69) is 30.9 Å². The molecule has 0 amide bonds. The Labute approximate surface area is 110 Å². The van der Waals surface area contributed by atoms with Gasteiger partial charge < -0.3 is 4.42 Å². The number of hydrogen-bond donors (Lipinski definition) is 0. The molecule has 0 bridgehead atoms. The van der Waals surface area contributed by atoms with E-state index in [1.807, 2.05) is 24.3 Å². The third-order valence-electron chi connectivity index (χ3n) is 2.09. The second-order valence-corrected chi connectivity index (χ2v) is 5.02. The summed E-state index contributed by atoms with van der Waals surface area (Å²) >= 11 is 4.75. The molecule has 0 saturated carbocycles. The molecule has 0 aliphatic heterocycles. The van der Waals surface area contributed by atoms with Crippen LogP contribution in [-0.2, 0) is 0 Å². The van der Waals surface area contributed by atoms with E-state index in [0.29, 0.717) is 5.22 Å². The van der Waals surface area contributed by atoms with E-state index in [1.54, 1.807) is 6.20 Å². The third-order valence-corrected chi connectivity index (χ3v) is 3.80. The molecule has 0 unspecified atom stereocenters. The monoisotopic (exact) mass is 307 g/mol. The van der Waals surface area contributed by atoms with Crippen LogP contribution in [0.1, 0.15) is 0 Å². The lowest BCUT2D eigenvalue weighted by Crippen LogP contribution is -1.83. The SMILES string of the molecule is Brc1cncnc1Sc1nc2ccccc2o1. The molecule has 0 aliphatic rings. The van der Waals surface area contributed by atoms with Gasteiger partial charge in [-0.15, -0.1) is 0 Å². The summed E-state index contributed by atoms with van der Waals surface area (Å²) in [5.41, 5.74) is 1.63. The fourth-order valence-electron chi connectivity index (χ4n) is 1.35. The van der Waals surface area contributed by atoms with Gasteiger partial charge in [0.25, 0.3) is 5.22 Å². The number of benzene rings is 1. The summed E-state index contributed by atoms with van der Waals surface area (Å²) in [4.78, 5) is 12.4. The molecule has 3 rings (SSSR count). The van der Waals surface area contributed by atoms with Crippen molar-refractivity contribution in [3.63, 3.8) is 0 Å². The summed E-state index contributed by atoms with van der Waals surface area (Å²) in [5.74, 6) is 0. The van der Waals surface area contributed by atoms with Gasteiger partial charge in [0.05, 0.1) is 4.47 Å². The number of para-hydroxylation sites is 2. The van der Waals surface area contributed by atoms with Crippen LogP contribution in [-0.4, -0.2) is 15.0 Å². The Morgan fingerprint density at radius 3 is 2.94 bits per heavy atom. The van der Waals surface area contributed by atoms with Crippen LogP contribution in [0.3, 0.4) is 0 Å². The zero-order chi connectivity index (χ0) is 11.7. The topological polar surface area (TPSA) is 51.8 Å². The third kappa shape index (κ3) is 2.18. The van der Waals surface area contributed by atoms with Crippen LogP contribution in [0.15, 0.2) is 55.9 Å². The van der Waals surface area contributed by atoms with Crippen LogP contribution in [0.4, 0.5) is 0 Å². The highest BCUT2D eigenvalue weighted by Gasteiger charge is 2.10. The molecule has 84 valence electrons. The zero-order valence-corrected chi connectivity index (χ0v) is 10.9. The van der Waals surface area contributed by atoms with Crippen molar-refractivity contribution in [3.8, 4) is 0 Å². The van der Waals surface area contributed by atoms with Crippen LogP contribution in [0.2, 0.25) is 0 Å². The smallest absolute Gasteiger partial charge is 0.263 e. The number of halogens is 1. The van der Waals surface area contributed by atoms with Crippen molar-refractivity contribution in [1.82, 2.24) is 15.0 Å². The second-order valence-electron chi connectivity index (χ2n) is 3.23. The molecule has 6 heteroatoms. The lowest BCUT2D eigenvalue weighted by Gasteiger charge is -1.96. The maximum absolute atomic E-state index is 5.60. The van der Waals surface area contributed by atoms with Crippen molar-refractivity contribution in [2.45, 2.75) is 10.2 Å². The van der Waals surface area contributed by atoms with E-state index < -0.39 is 0 Å². The number of oxazole rings is 1. The first-order valence-corrected chi connectivity index (χ1v) is 6.43. The van der Waals surface area contributed by atoms with Crippen molar-refractivity contribution >= 4 is 38.8 Å². The number of hydrogen-bond acceptors (Lipinski definition) is 5. The first-order valence-electron chi connectivity index (χ1n) is 4.82. The predicted octanol–water partition coefficient (Wildman–Crippen LogP) is 3.53. The van der Waals surface area contributed by atoms with E-state index >= 15 is 0 Å². The van der Waals surface area contributed by atoms with Crippen LogP contribution < -0.4 is 0 Å². The standard InChI is InChI=1S/C11H6BrN3OS/c12-7-5-13-6-14-10(7)17-11-15-8-3-1-2-4-9(8)16-11/h1-6H. The molecule has 4 nitrogen and oxygen atoms in total. The highest BCUT2D eigenvalue weighted by Crippen LogP contribution is 2.32. The summed E-state index contributed by atoms with van der Waals surface area (Å²) in [6, 6.07) is 7.65. The minimum atomic E-state index is 0.575. The normalized spacial score (nSPS) is 10.9. The molecule has 1 aromatic carbocycles. The molecule has 0 N–H and O–H groups in total. The first-order chi connectivity index (χ1) is 8.33. The Kier molecular flexibility index (Phi) is 2.82. The van der Waals surface area contributed by atoms with Gasteiger partial charge in [0.2, 0.25) is 0 Å². The molecular weight excluding hydrogens is 302 g/mol. The average molecular weight is 308 g/mol. The van der Waals surface area contributed by atoms with Crippen molar-refractivity contribution in [2.75, 3.05) is 0 Å². The number of aromatic nitrogens is 3. The van der Waals surface area contributed by atoms with Crippen LogP contribution in [0, 0.1) is 0 Å².